The van der Waals surface area contributed by atoms with Crippen LogP contribution in [0.15, 0.2) is 79.6 Å². The molecular weight excluding hydrogens is 542 g/mol. The Morgan fingerprint density at radius 3 is 2.72 bits per heavy atom. The molecule has 0 bridgehead atoms. The number of nitrogens with zero attached hydrogens (tertiary/aromatic N) is 5. The highest BCUT2D eigenvalue weighted by Gasteiger charge is 2.31. The standard InChI is InChI=1S/C33H37N7O3/c1-5-33(41)37-26-17-27(30(42-4)18-29(26)39-15-13-23(20-39)38(2)3)36-31-19-32(35-21-34-31)40-28(14-16-43-40)25-12-8-10-22-9-6-7-11-24(22)25/h5-12,17-19,21,23,28H,1,13-16,20H2,2-4H3,(H,37,41)(H,34,35,36)/t23?,28-/m1/s1. The lowest BCUT2D eigenvalue weighted by atomic mass is 9.97. The number of anilines is 5. The number of hydrogen-bond donors (Lipinski definition) is 2. The summed E-state index contributed by atoms with van der Waals surface area (Å²) in [6.07, 6.45) is 4.67. The van der Waals surface area contributed by atoms with E-state index >= 15 is 0 Å². The number of hydroxylamine groups is 1. The van der Waals surface area contributed by atoms with Gasteiger partial charge in [-0.05, 0) is 49.0 Å². The van der Waals surface area contributed by atoms with Crippen LogP contribution in [-0.4, -0.2) is 67.7 Å². The van der Waals surface area contributed by atoms with Crippen molar-refractivity contribution in [2.24, 2.45) is 0 Å². The SMILES string of the molecule is C=CC(=O)Nc1cc(Nc2cc(N3OCC[C@@H]3c3cccc4ccccc34)ncn2)c(OC)cc1N1CCC(N(C)C)C1. The Kier molecular flexibility index (Phi) is 8.13. The second-order valence-corrected chi connectivity index (χ2v) is 11.0. The first-order valence-corrected chi connectivity index (χ1v) is 14.5. The Labute approximate surface area is 251 Å². The van der Waals surface area contributed by atoms with Crippen molar-refractivity contribution in [3.05, 3.63) is 85.2 Å². The second-order valence-electron chi connectivity index (χ2n) is 11.0. The fourth-order valence-electron chi connectivity index (χ4n) is 5.96. The third-order valence-electron chi connectivity index (χ3n) is 8.22. The molecule has 0 spiro atoms. The number of rotatable bonds is 9. The zero-order valence-corrected chi connectivity index (χ0v) is 24.8. The minimum absolute atomic E-state index is 0.00911. The quantitative estimate of drug-likeness (QED) is 0.248. The van der Waals surface area contributed by atoms with Crippen LogP contribution >= 0.6 is 0 Å². The molecule has 222 valence electrons. The van der Waals surface area contributed by atoms with Crippen LogP contribution in [0.1, 0.15) is 24.4 Å². The Morgan fingerprint density at radius 1 is 1.09 bits per heavy atom. The molecule has 2 aliphatic rings. The van der Waals surface area contributed by atoms with Crippen LogP contribution in [0.4, 0.5) is 28.7 Å². The second kappa shape index (κ2) is 12.3. The molecule has 1 amide bonds. The van der Waals surface area contributed by atoms with Crippen LogP contribution in [-0.2, 0) is 9.63 Å². The molecule has 10 nitrogen and oxygen atoms in total. The number of likely N-dealkylation sites (N-methyl/N-ethyl adjacent to an activating group) is 1. The maximum Gasteiger partial charge on any atom is 0.247 e. The van der Waals surface area contributed by atoms with Gasteiger partial charge in [-0.15, -0.1) is 0 Å². The van der Waals surface area contributed by atoms with E-state index in [1.165, 1.54) is 28.7 Å². The molecule has 10 heteroatoms. The lowest BCUT2D eigenvalue weighted by Crippen LogP contribution is -2.31. The topological polar surface area (TPSA) is 95.1 Å². The number of methoxy groups -OCH3 is 1. The number of fused-ring (bicyclic) bond motifs is 1. The molecule has 43 heavy (non-hydrogen) atoms. The highest BCUT2D eigenvalue weighted by Crippen LogP contribution is 2.41. The van der Waals surface area contributed by atoms with Crippen LogP contribution in [0.3, 0.4) is 0 Å². The van der Waals surface area contributed by atoms with E-state index < -0.39 is 0 Å². The highest BCUT2D eigenvalue weighted by molar-refractivity contribution is 6.02. The zero-order chi connectivity index (χ0) is 29.9. The van der Waals surface area contributed by atoms with Gasteiger partial charge in [0.05, 0.1) is 36.8 Å². The molecule has 4 aromatic rings. The largest absolute Gasteiger partial charge is 0.494 e. The van der Waals surface area contributed by atoms with Crippen molar-refractivity contribution in [1.82, 2.24) is 14.9 Å². The first kappa shape index (κ1) is 28.4. The van der Waals surface area contributed by atoms with Gasteiger partial charge in [0.2, 0.25) is 5.91 Å². The zero-order valence-electron chi connectivity index (χ0n) is 24.8. The lowest BCUT2D eigenvalue weighted by Gasteiger charge is -2.26. The molecule has 2 atom stereocenters. The van der Waals surface area contributed by atoms with E-state index in [0.717, 1.165) is 31.6 Å². The average molecular weight is 580 g/mol. The van der Waals surface area contributed by atoms with Gasteiger partial charge in [0.1, 0.15) is 17.9 Å². The van der Waals surface area contributed by atoms with Crippen LogP contribution in [0.2, 0.25) is 0 Å². The number of amides is 1. The fourth-order valence-corrected chi connectivity index (χ4v) is 5.96. The number of carbonyl (C=O) groups is 1. The molecule has 2 N–H and O–H groups in total. The summed E-state index contributed by atoms with van der Waals surface area (Å²) >= 11 is 0. The van der Waals surface area contributed by atoms with Crippen molar-refractivity contribution in [3.8, 4) is 5.75 Å². The summed E-state index contributed by atoms with van der Waals surface area (Å²) in [5, 5.41) is 10.6. The number of nitrogens with one attached hydrogen (secondary N) is 2. The van der Waals surface area contributed by atoms with E-state index in [-0.39, 0.29) is 11.9 Å². The third kappa shape index (κ3) is 5.84. The number of hydrogen-bond acceptors (Lipinski definition) is 9. The van der Waals surface area contributed by atoms with Gasteiger partial charge in [-0.25, -0.2) is 15.0 Å². The minimum atomic E-state index is -0.282. The van der Waals surface area contributed by atoms with Gasteiger partial charge >= 0.3 is 0 Å². The lowest BCUT2D eigenvalue weighted by molar-refractivity contribution is -0.111. The summed E-state index contributed by atoms with van der Waals surface area (Å²) in [5.74, 6) is 1.57. The van der Waals surface area contributed by atoms with Gasteiger partial charge in [-0.3, -0.25) is 9.63 Å². The summed E-state index contributed by atoms with van der Waals surface area (Å²) in [7, 11) is 5.82. The van der Waals surface area contributed by atoms with E-state index in [0.29, 0.717) is 41.4 Å². The number of carbonyl (C=O) groups excluding carboxylic acids is 1. The molecule has 3 aromatic carbocycles. The molecule has 0 aliphatic carbocycles. The fraction of sp³-hybridized carbons (Fsp3) is 0.303. The van der Waals surface area contributed by atoms with E-state index in [9.17, 15) is 4.79 Å². The smallest absolute Gasteiger partial charge is 0.247 e. The van der Waals surface area contributed by atoms with Gasteiger partial charge in [0.15, 0.2) is 5.82 Å². The first-order valence-electron chi connectivity index (χ1n) is 14.5. The third-order valence-corrected chi connectivity index (χ3v) is 8.22. The molecule has 1 aromatic heterocycles. The first-order chi connectivity index (χ1) is 20.9. The molecule has 6 rings (SSSR count). The summed E-state index contributed by atoms with van der Waals surface area (Å²) < 4.78 is 5.81. The molecule has 1 unspecified atom stereocenters. The maximum absolute atomic E-state index is 12.4. The van der Waals surface area contributed by atoms with E-state index in [4.69, 9.17) is 9.57 Å². The van der Waals surface area contributed by atoms with Crippen molar-refractivity contribution >= 4 is 45.4 Å². The van der Waals surface area contributed by atoms with E-state index in [2.05, 4.69) is 93.5 Å². The summed E-state index contributed by atoms with van der Waals surface area (Å²) in [6, 6.07) is 20.9. The molecular formula is C33H37N7O3. The van der Waals surface area contributed by atoms with Crippen molar-refractivity contribution in [3.63, 3.8) is 0 Å². The van der Waals surface area contributed by atoms with Crippen molar-refractivity contribution < 1.29 is 14.4 Å². The maximum atomic E-state index is 12.4. The Morgan fingerprint density at radius 2 is 1.93 bits per heavy atom. The van der Waals surface area contributed by atoms with Gasteiger partial charge < -0.3 is 25.2 Å². The molecule has 0 saturated carbocycles. The van der Waals surface area contributed by atoms with Crippen molar-refractivity contribution in [2.75, 3.05) is 61.5 Å². The predicted molar refractivity (Wildman–Crippen MR) is 171 cm³/mol. The summed E-state index contributed by atoms with van der Waals surface area (Å²) in [5.41, 5.74) is 3.42. The summed E-state index contributed by atoms with van der Waals surface area (Å²) in [4.78, 5) is 32.1. The number of benzene rings is 3. The molecule has 2 saturated heterocycles. The average Bonchev–Trinajstić information content (AvgIpc) is 3.72. The van der Waals surface area contributed by atoms with Crippen molar-refractivity contribution in [1.29, 1.82) is 0 Å². The summed E-state index contributed by atoms with van der Waals surface area (Å²) in [6.45, 7) is 5.94. The van der Waals surface area contributed by atoms with Crippen LogP contribution in [0, 0.1) is 0 Å². The normalized spacial score (nSPS) is 18.3. The van der Waals surface area contributed by atoms with Gasteiger partial charge in [0.25, 0.3) is 0 Å². The molecule has 2 aliphatic heterocycles. The Hall–Kier alpha value is -4.67. The molecule has 3 heterocycles. The van der Waals surface area contributed by atoms with E-state index in [1.54, 1.807) is 7.11 Å². The Bertz CT molecular complexity index is 1640. The van der Waals surface area contributed by atoms with Crippen molar-refractivity contribution in [2.45, 2.75) is 24.9 Å². The van der Waals surface area contributed by atoms with Crippen LogP contribution < -0.4 is 25.3 Å². The molecule has 0 radical (unpaired) electrons. The van der Waals surface area contributed by atoms with Crippen LogP contribution in [0.5, 0.6) is 5.75 Å². The Balaban J connectivity index is 1.30. The van der Waals surface area contributed by atoms with Gasteiger partial charge in [0, 0.05) is 37.7 Å². The van der Waals surface area contributed by atoms with Crippen LogP contribution in [0.25, 0.3) is 10.8 Å². The minimum Gasteiger partial charge on any atom is -0.494 e. The van der Waals surface area contributed by atoms with Gasteiger partial charge in [-0.1, -0.05) is 49.0 Å². The van der Waals surface area contributed by atoms with Gasteiger partial charge in [-0.2, -0.15) is 0 Å². The monoisotopic (exact) mass is 579 g/mol. The number of ether oxygens (including phenoxy) is 1. The number of aromatic nitrogens is 2. The predicted octanol–water partition coefficient (Wildman–Crippen LogP) is 5.53. The van der Waals surface area contributed by atoms with E-state index in [1.807, 2.05) is 23.3 Å². The molecule has 2 fully saturated rings. The highest BCUT2D eigenvalue weighted by atomic mass is 16.7.